The maximum atomic E-state index is 12.0. The Bertz CT molecular complexity index is 717. The standard InChI is InChI=1S/C18H24N4OS/c1-3-6-12(2)19-16(23)11-24-18-21-15-8-5-4-7-14(15)17(22-18)20-13-9-10-13/h4-5,7-8,12-13H,3,6,9-11H2,1-2H3,(H,19,23)(H,20,21,22). The number of hydrogen-bond donors (Lipinski definition) is 2. The molecule has 1 aliphatic carbocycles. The van der Waals surface area contributed by atoms with E-state index in [0.29, 0.717) is 17.0 Å². The fourth-order valence-electron chi connectivity index (χ4n) is 2.60. The number of nitrogens with zero attached hydrogens (tertiary/aromatic N) is 2. The molecule has 3 rings (SSSR count). The third-order valence-electron chi connectivity index (χ3n) is 3.96. The van der Waals surface area contributed by atoms with Crippen molar-refractivity contribution in [1.82, 2.24) is 15.3 Å². The topological polar surface area (TPSA) is 66.9 Å². The molecule has 0 radical (unpaired) electrons. The van der Waals surface area contributed by atoms with Gasteiger partial charge in [0.1, 0.15) is 5.82 Å². The van der Waals surface area contributed by atoms with Gasteiger partial charge in [-0.2, -0.15) is 0 Å². The number of thioether (sulfide) groups is 1. The number of anilines is 1. The van der Waals surface area contributed by atoms with E-state index in [1.807, 2.05) is 31.2 Å². The van der Waals surface area contributed by atoms with E-state index in [1.165, 1.54) is 24.6 Å². The molecule has 0 spiro atoms. The van der Waals surface area contributed by atoms with E-state index in [9.17, 15) is 4.79 Å². The van der Waals surface area contributed by atoms with Crippen molar-refractivity contribution in [2.45, 2.75) is 56.8 Å². The van der Waals surface area contributed by atoms with Gasteiger partial charge < -0.3 is 10.6 Å². The Balaban J connectivity index is 1.68. The van der Waals surface area contributed by atoms with Gasteiger partial charge >= 0.3 is 0 Å². The molecule has 5 nitrogen and oxygen atoms in total. The number of para-hydroxylation sites is 1. The molecule has 6 heteroatoms. The Morgan fingerprint density at radius 3 is 2.88 bits per heavy atom. The molecule has 2 aromatic rings. The third kappa shape index (κ3) is 4.60. The first kappa shape index (κ1) is 17.0. The Hall–Kier alpha value is -1.82. The second-order valence-electron chi connectivity index (χ2n) is 6.34. The Morgan fingerprint density at radius 2 is 2.12 bits per heavy atom. The molecular formula is C18H24N4OS. The normalized spacial score (nSPS) is 15.2. The van der Waals surface area contributed by atoms with E-state index in [0.717, 1.165) is 29.6 Å². The van der Waals surface area contributed by atoms with Crippen LogP contribution in [0.25, 0.3) is 10.9 Å². The van der Waals surface area contributed by atoms with Crippen molar-refractivity contribution in [2.24, 2.45) is 0 Å². The van der Waals surface area contributed by atoms with Crippen LogP contribution in [-0.2, 0) is 4.79 Å². The van der Waals surface area contributed by atoms with Crippen molar-refractivity contribution in [3.8, 4) is 0 Å². The summed E-state index contributed by atoms with van der Waals surface area (Å²) in [7, 11) is 0. The largest absolute Gasteiger partial charge is 0.367 e. The maximum Gasteiger partial charge on any atom is 0.230 e. The number of carbonyl (C=O) groups excluding carboxylic acids is 1. The lowest BCUT2D eigenvalue weighted by molar-refractivity contribution is -0.119. The van der Waals surface area contributed by atoms with Crippen LogP contribution in [0.5, 0.6) is 0 Å². The van der Waals surface area contributed by atoms with E-state index >= 15 is 0 Å². The van der Waals surface area contributed by atoms with Gasteiger partial charge in [0.15, 0.2) is 5.16 Å². The van der Waals surface area contributed by atoms with Gasteiger partial charge in [-0.3, -0.25) is 4.79 Å². The minimum Gasteiger partial charge on any atom is -0.367 e. The fraction of sp³-hybridized carbons (Fsp3) is 0.500. The van der Waals surface area contributed by atoms with Gasteiger partial charge in [0.05, 0.1) is 11.3 Å². The Kier molecular flexibility index (Phi) is 5.56. The lowest BCUT2D eigenvalue weighted by Crippen LogP contribution is -2.33. The molecule has 1 aromatic heterocycles. The highest BCUT2D eigenvalue weighted by Gasteiger charge is 2.23. The molecule has 1 aliphatic rings. The van der Waals surface area contributed by atoms with Gasteiger partial charge in [-0.1, -0.05) is 37.2 Å². The number of amides is 1. The molecular weight excluding hydrogens is 320 g/mol. The van der Waals surface area contributed by atoms with Crippen LogP contribution in [0.1, 0.15) is 39.5 Å². The smallest absolute Gasteiger partial charge is 0.230 e. The summed E-state index contributed by atoms with van der Waals surface area (Å²) in [4.78, 5) is 21.2. The summed E-state index contributed by atoms with van der Waals surface area (Å²) in [6.45, 7) is 4.16. The molecule has 1 heterocycles. The van der Waals surface area contributed by atoms with Crippen molar-refractivity contribution in [1.29, 1.82) is 0 Å². The number of aromatic nitrogens is 2. The number of nitrogens with one attached hydrogen (secondary N) is 2. The number of benzene rings is 1. The average molecular weight is 344 g/mol. The number of fused-ring (bicyclic) bond motifs is 1. The summed E-state index contributed by atoms with van der Waals surface area (Å²) in [5.41, 5.74) is 0.915. The van der Waals surface area contributed by atoms with Crippen molar-refractivity contribution >= 4 is 34.4 Å². The first-order valence-corrected chi connectivity index (χ1v) is 9.59. The number of rotatable bonds is 8. The van der Waals surface area contributed by atoms with Crippen LogP contribution in [-0.4, -0.2) is 33.7 Å². The van der Waals surface area contributed by atoms with Gasteiger partial charge in [0.2, 0.25) is 5.91 Å². The molecule has 1 unspecified atom stereocenters. The molecule has 1 atom stereocenters. The SMILES string of the molecule is CCCC(C)NC(=O)CSc1nc(NC2CC2)c2ccccc2n1. The lowest BCUT2D eigenvalue weighted by Gasteiger charge is -2.13. The highest BCUT2D eigenvalue weighted by Crippen LogP contribution is 2.29. The van der Waals surface area contributed by atoms with Crippen LogP contribution in [0.2, 0.25) is 0 Å². The van der Waals surface area contributed by atoms with Gasteiger partial charge in [-0.15, -0.1) is 0 Å². The summed E-state index contributed by atoms with van der Waals surface area (Å²) in [5, 5.41) is 8.17. The van der Waals surface area contributed by atoms with Crippen LogP contribution >= 0.6 is 11.8 Å². The summed E-state index contributed by atoms with van der Waals surface area (Å²) >= 11 is 1.39. The fourth-order valence-corrected chi connectivity index (χ4v) is 3.26. The van der Waals surface area contributed by atoms with Crippen molar-refractivity contribution in [3.63, 3.8) is 0 Å². The van der Waals surface area contributed by atoms with Gasteiger partial charge in [0, 0.05) is 17.5 Å². The highest BCUT2D eigenvalue weighted by atomic mass is 32.2. The Morgan fingerprint density at radius 1 is 1.33 bits per heavy atom. The van der Waals surface area contributed by atoms with Gasteiger partial charge in [-0.05, 0) is 38.3 Å². The van der Waals surface area contributed by atoms with Crippen molar-refractivity contribution in [3.05, 3.63) is 24.3 Å². The molecule has 0 aliphatic heterocycles. The average Bonchev–Trinajstić information content (AvgIpc) is 3.37. The first-order valence-electron chi connectivity index (χ1n) is 8.61. The molecule has 1 aromatic carbocycles. The van der Waals surface area contributed by atoms with Crippen LogP contribution in [0.4, 0.5) is 5.82 Å². The Labute approximate surface area is 147 Å². The first-order chi connectivity index (χ1) is 11.7. The second kappa shape index (κ2) is 7.83. The highest BCUT2D eigenvalue weighted by molar-refractivity contribution is 7.99. The molecule has 1 saturated carbocycles. The molecule has 0 bridgehead atoms. The van der Waals surface area contributed by atoms with Crippen LogP contribution in [0.15, 0.2) is 29.4 Å². The monoisotopic (exact) mass is 344 g/mol. The van der Waals surface area contributed by atoms with Crippen LogP contribution in [0.3, 0.4) is 0 Å². The molecule has 0 saturated heterocycles. The zero-order chi connectivity index (χ0) is 16.9. The van der Waals surface area contributed by atoms with Crippen molar-refractivity contribution < 1.29 is 4.79 Å². The van der Waals surface area contributed by atoms with E-state index in [1.54, 1.807) is 0 Å². The minimum atomic E-state index is 0.0365. The predicted molar refractivity (Wildman–Crippen MR) is 99.4 cm³/mol. The zero-order valence-corrected chi connectivity index (χ0v) is 15.0. The molecule has 1 amide bonds. The number of hydrogen-bond acceptors (Lipinski definition) is 5. The summed E-state index contributed by atoms with van der Waals surface area (Å²) in [6, 6.07) is 8.74. The van der Waals surface area contributed by atoms with Gasteiger partial charge in [0.25, 0.3) is 0 Å². The summed E-state index contributed by atoms with van der Waals surface area (Å²) < 4.78 is 0. The predicted octanol–water partition coefficient (Wildman–Crippen LogP) is 3.60. The minimum absolute atomic E-state index is 0.0365. The maximum absolute atomic E-state index is 12.0. The second-order valence-corrected chi connectivity index (χ2v) is 7.28. The van der Waals surface area contributed by atoms with Gasteiger partial charge in [-0.25, -0.2) is 9.97 Å². The zero-order valence-electron chi connectivity index (χ0n) is 14.2. The van der Waals surface area contributed by atoms with E-state index < -0.39 is 0 Å². The molecule has 128 valence electrons. The van der Waals surface area contributed by atoms with E-state index in [2.05, 4.69) is 27.5 Å². The molecule has 24 heavy (non-hydrogen) atoms. The third-order valence-corrected chi connectivity index (χ3v) is 4.81. The lowest BCUT2D eigenvalue weighted by atomic mass is 10.2. The van der Waals surface area contributed by atoms with Crippen molar-refractivity contribution in [2.75, 3.05) is 11.1 Å². The van der Waals surface area contributed by atoms with E-state index in [-0.39, 0.29) is 11.9 Å². The van der Waals surface area contributed by atoms with Crippen LogP contribution in [0, 0.1) is 0 Å². The number of carbonyl (C=O) groups is 1. The molecule has 2 N–H and O–H groups in total. The quantitative estimate of drug-likeness (QED) is 0.566. The van der Waals surface area contributed by atoms with Crippen LogP contribution < -0.4 is 10.6 Å². The summed E-state index contributed by atoms with van der Waals surface area (Å²) in [6.07, 6.45) is 4.45. The summed E-state index contributed by atoms with van der Waals surface area (Å²) in [5.74, 6) is 1.26. The molecule has 1 fully saturated rings. The van der Waals surface area contributed by atoms with E-state index in [4.69, 9.17) is 0 Å².